The molecule has 0 spiro atoms. The van der Waals surface area contributed by atoms with E-state index < -0.39 is 0 Å². The Morgan fingerprint density at radius 2 is 1.91 bits per heavy atom. The van der Waals surface area contributed by atoms with E-state index in [1.54, 1.807) is 0 Å². The number of benzene rings is 1. The number of nitrogens with zero attached hydrogens (tertiary/aromatic N) is 2. The van der Waals surface area contributed by atoms with E-state index in [9.17, 15) is 4.79 Å². The van der Waals surface area contributed by atoms with Gasteiger partial charge in [0.25, 0.3) is 0 Å². The van der Waals surface area contributed by atoms with Crippen LogP contribution < -0.4 is 5.32 Å². The van der Waals surface area contributed by atoms with Crippen molar-refractivity contribution in [2.24, 2.45) is 5.41 Å². The van der Waals surface area contributed by atoms with Crippen molar-refractivity contribution in [1.82, 2.24) is 14.9 Å². The minimum absolute atomic E-state index is 0.0733. The lowest BCUT2D eigenvalue weighted by Crippen LogP contribution is -2.36. The third kappa shape index (κ3) is 4.45. The first-order chi connectivity index (χ1) is 10.4. The lowest BCUT2D eigenvalue weighted by atomic mass is 9.96. The number of imidazole rings is 1. The summed E-state index contributed by atoms with van der Waals surface area (Å²) in [5, 5.41) is 2.97. The second kappa shape index (κ2) is 6.77. The summed E-state index contributed by atoms with van der Waals surface area (Å²) in [5.74, 6) is 1.07. The Morgan fingerprint density at radius 3 is 2.55 bits per heavy atom. The van der Waals surface area contributed by atoms with E-state index in [4.69, 9.17) is 0 Å². The topological polar surface area (TPSA) is 46.9 Å². The summed E-state index contributed by atoms with van der Waals surface area (Å²) >= 11 is 0. The van der Waals surface area contributed by atoms with Crippen molar-refractivity contribution < 1.29 is 4.79 Å². The summed E-state index contributed by atoms with van der Waals surface area (Å²) in [5.41, 5.74) is 2.17. The van der Waals surface area contributed by atoms with Gasteiger partial charge in [0.05, 0.1) is 0 Å². The molecular formula is C18H25N3O. The highest BCUT2D eigenvalue weighted by Gasteiger charge is 2.20. The number of hydrogen-bond donors (Lipinski definition) is 1. The molecule has 118 valence electrons. The maximum Gasteiger partial charge on any atom is 0.225 e. The van der Waals surface area contributed by atoms with Crippen LogP contribution in [0.25, 0.3) is 0 Å². The molecule has 0 fully saturated rings. The first-order valence-corrected chi connectivity index (χ1v) is 7.70. The van der Waals surface area contributed by atoms with Crippen molar-refractivity contribution >= 4 is 5.91 Å². The van der Waals surface area contributed by atoms with Gasteiger partial charge in [-0.2, -0.15) is 0 Å². The van der Waals surface area contributed by atoms with Gasteiger partial charge in [-0.25, -0.2) is 4.98 Å². The van der Waals surface area contributed by atoms with Gasteiger partial charge in [0.1, 0.15) is 5.82 Å². The van der Waals surface area contributed by atoms with Gasteiger partial charge in [0.2, 0.25) is 5.91 Å². The number of amides is 1. The van der Waals surface area contributed by atoms with Crippen molar-refractivity contribution in [2.75, 3.05) is 6.54 Å². The lowest BCUT2D eigenvalue weighted by molar-refractivity contribution is -0.128. The zero-order valence-electron chi connectivity index (χ0n) is 13.9. The molecule has 4 nitrogen and oxygen atoms in total. The van der Waals surface area contributed by atoms with Gasteiger partial charge in [0, 0.05) is 37.3 Å². The van der Waals surface area contributed by atoms with Gasteiger partial charge in [-0.3, -0.25) is 4.79 Å². The Labute approximate surface area is 132 Å². The highest BCUT2D eigenvalue weighted by molar-refractivity contribution is 5.81. The van der Waals surface area contributed by atoms with E-state index in [0.717, 1.165) is 18.8 Å². The number of nitrogens with one attached hydrogen (secondary N) is 1. The number of carbonyl (C=O) groups excluding carboxylic acids is 1. The van der Waals surface area contributed by atoms with Gasteiger partial charge < -0.3 is 9.88 Å². The Kier molecular flexibility index (Phi) is 5.01. The molecule has 0 bridgehead atoms. The molecule has 1 heterocycles. The summed E-state index contributed by atoms with van der Waals surface area (Å²) in [6.45, 7) is 9.26. The van der Waals surface area contributed by atoms with Crippen molar-refractivity contribution in [3.63, 3.8) is 0 Å². The van der Waals surface area contributed by atoms with E-state index in [2.05, 4.69) is 46.1 Å². The van der Waals surface area contributed by atoms with E-state index in [1.807, 2.05) is 33.2 Å². The van der Waals surface area contributed by atoms with Gasteiger partial charge >= 0.3 is 0 Å². The molecule has 0 saturated carbocycles. The van der Waals surface area contributed by atoms with Crippen LogP contribution in [-0.2, 0) is 17.8 Å². The fraction of sp³-hybridized carbons (Fsp3) is 0.444. The number of rotatable bonds is 5. The fourth-order valence-corrected chi connectivity index (χ4v) is 2.16. The quantitative estimate of drug-likeness (QED) is 0.922. The number of hydrogen-bond acceptors (Lipinski definition) is 2. The first-order valence-electron chi connectivity index (χ1n) is 7.70. The summed E-state index contributed by atoms with van der Waals surface area (Å²) in [4.78, 5) is 16.3. The molecule has 0 atom stereocenters. The van der Waals surface area contributed by atoms with E-state index in [0.29, 0.717) is 6.54 Å². The van der Waals surface area contributed by atoms with Gasteiger partial charge in [0.15, 0.2) is 0 Å². The van der Waals surface area contributed by atoms with Crippen LogP contribution in [0.3, 0.4) is 0 Å². The molecule has 1 N–H and O–H groups in total. The third-order valence-corrected chi connectivity index (χ3v) is 3.59. The van der Waals surface area contributed by atoms with Crippen LogP contribution in [0, 0.1) is 12.3 Å². The first kappa shape index (κ1) is 16.3. The van der Waals surface area contributed by atoms with Crippen LogP contribution in [0.2, 0.25) is 0 Å². The third-order valence-electron chi connectivity index (χ3n) is 3.59. The molecule has 22 heavy (non-hydrogen) atoms. The number of aryl methyl sites for hydroxylation is 1. The molecule has 0 aliphatic carbocycles. The minimum Gasteiger partial charge on any atom is -0.355 e. The van der Waals surface area contributed by atoms with E-state index in [1.165, 1.54) is 11.1 Å². The smallest absolute Gasteiger partial charge is 0.225 e. The lowest BCUT2D eigenvalue weighted by Gasteiger charge is -2.17. The highest BCUT2D eigenvalue weighted by Crippen LogP contribution is 2.12. The molecule has 0 saturated heterocycles. The van der Waals surface area contributed by atoms with Gasteiger partial charge in [-0.15, -0.1) is 0 Å². The molecule has 0 aliphatic rings. The maximum atomic E-state index is 11.9. The Balaban J connectivity index is 1.92. The normalized spacial score (nSPS) is 11.5. The Bertz CT molecular complexity index is 621. The van der Waals surface area contributed by atoms with Crippen LogP contribution in [0.15, 0.2) is 36.7 Å². The van der Waals surface area contributed by atoms with E-state index in [-0.39, 0.29) is 11.3 Å². The predicted octanol–water partition coefficient (Wildman–Crippen LogP) is 2.94. The molecule has 0 unspecified atom stereocenters. The molecular weight excluding hydrogens is 274 g/mol. The largest absolute Gasteiger partial charge is 0.355 e. The van der Waals surface area contributed by atoms with Crippen LogP contribution in [0.5, 0.6) is 0 Å². The standard InChI is InChI=1S/C18H25N3O/c1-14-5-7-15(8-6-14)13-21-12-11-19-16(21)9-10-20-17(22)18(2,3)4/h5-8,11-12H,9-10,13H2,1-4H3,(H,20,22). The Morgan fingerprint density at radius 1 is 1.23 bits per heavy atom. The van der Waals surface area contributed by atoms with Crippen LogP contribution in [0.1, 0.15) is 37.7 Å². The molecule has 0 radical (unpaired) electrons. The zero-order valence-corrected chi connectivity index (χ0v) is 13.9. The van der Waals surface area contributed by atoms with Crippen molar-refractivity contribution in [2.45, 2.75) is 40.7 Å². The second-order valence-corrected chi connectivity index (χ2v) is 6.71. The molecule has 1 aromatic carbocycles. The fourth-order valence-electron chi connectivity index (χ4n) is 2.16. The monoisotopic (exact) mass is 299 g/mol. The van der Waals surface area contributed by atoms with Gasteiger partial charge in [-0.1, -0.05) is 50.6 Å². The maximum absolute atomic E-state index is 11.9. The molecule has 2 aromatic rings. The van der Waals surface area contributed by atoms with Crippen molar-refractivity contribution in [3.05, 3.63) is 53.6 Å². The zero-order chi connectivity index (χ0) is 16.2. The van der Waals surface area contributed by atoms with Crippen molar-refractivity contribution in [1.29, 1.82) is 0 Å². The highest BCUT2D eigenvalue weighted by atomic mass is 16.2. The van der Waals surface area contributed by atoms with Crippen LogP contribution >= 0.6 is 0 Å². The van der Waals surface area contributed by atoms with Crippen LogP contribution in [0.4, 0.5) is 0 Å². The average molecular weight is 299 g/mol. The molecule has 2 rings (SSSR count). The van der Waals surface area contributed by atoms with E-state index >= 15 is 0 Å². The minimum atomic E-state index is -0.350. The van der Waals surface area contributed by atoms with Crippen molar-refractivity contribution in [3.8, 4) is 0 Å². The summed E-state index contributed by atoms with van der Waals surface area (Å²) in [7, 11) is 0. The second-order valence-electron chi connectivity index (χ2n) is 6.71. The number of aromatic nitrogens is 2. The molecule has 4 heteroatoms. The predicted molar refractivity (Wildman–Crippen MR) is 88.7 cm³/mol. The summed E-state index contributed by atoms with van der Waals surface area (Å²) < 4.78 is 2.13. The van der Waals surface area contributed by atoms with Gasteiger partial charge in [-0.05, 0) is 12.5 Å². The molecule has 1 aromatic heterocycles. The average Bonchev–Trinajstić information content (AvgIpc) is 2.87. The SMILES string of the molecule is Cc1ccc(Cn2ccnc2CCNC(=O)C(C)(C)C)cc1. The summed E-state index contributed by atoms with van der Waals surface area (Å²) in [6, 6.07) is 8.52. The summed E-state index contributed by atoms with van der Waals surface area (Å²) in [6.07, 6.45) is 4.54. The molecule has 1 amide bonds. The van der Waals surface area contributed by atoms with Crippen LogP contribution in [-0.4, -0.2) is 22.0 Å². The molecule has 0 aliphatic heterocycles. The number of carbonyl (C=O) groups is 1. The Hall–Kier alpha value is -2.10.